The molecule has 7 heteroatoms. The van der Waals surface area contributed by atoms with Crippen molar-refractivity contribution in [1.29, 1.82) is 0 Å². The van der Waals surface area contributed by atoms with E-state index in [0.29, 0.717) is 6.54 Å². The number of aromatic amines is 2. The molecule has 1 amide bonds. The van der Waals surface area contributed by atoms with Crippen molar-refractivity contribution in [3.63, 3.8) is 0 Å². The van der Waals surface area contributed by atoms with Gasteiger partial charge in [0, 0.05) is 24.8 Å². The highest BCUT2D eigenvalue weighted by Crippen LogP contribution is 2.21. The Morgan fingerprint density at radius 2 is 1.93 bits per heavy atom. The molecule has 4 rings (SSSR count). The molecule has 0 aliphatic rings. The molecule has 0 fully saturated rings. The number of nitrogens with zero attached hydrogens (tertiary/aromatic N) is 2. The van der Waals surface area contributed by atoms with Crippen LogP contribution in [0.3, 0.4) is 0 Å². The number of aromatic nitrogens is 3. The lowest BCUT2D eigenvalue weighted by atomic mass is 10.1. The molecule has 4 aromatic rings. The van der Waals surface area contributed by atoms with Crippen molar-refractivity contribution in [2.75, 3.05) is 13.6 Å². The van der Waals surface area contributed by atoms with Crippen molar-refractivity contribution in [2.45, 2.75) is 12.8 Å². The zero-order chi connectivity index (χ0) is 20.9. The SMILES string of the molecule is CN(CCCc1cc(-c2ccccc2)n[nH]1)C(=O)c1ccc(-c2cccs2)[nH]c1=O. The molecule has 30 heavy (non-hydrogen) atoms. The number of carbonyl (C=O) groups is 1. The third-order valence-electron chi connectivity index (χ3n) is 4.91. The standard InChI is InChI=1S/C23H22N4O2S/c1-27(13-5-9-17-15-20(26-25-17)16-7-3-2-4-8-16)23(29)18-11-12-19(24-22(18)28)21-10-6-14-30-21/h2-4,6-8,10-12,14-15H,5,9,13H2,1H3,(H,24,28)(H,25,26). The molecule has 0 bridgehead atoms. The fraction of sp³-hybridized carbons (Fsp3) is 0.174. The highest BCUT2D eigenvalue weighted by Gasteiger charge is 2.16. The van der Waals surface area contributed by atoms with Crippen LogP contribution in [0.15, 0.2) is 70.8 Å². The maximum Gasteiger partial charge on any atom is 0.261 e. The number of benzene rings is 1. The first-order valence-electron chi connectivity index (χ1n) is 9.74. The van der Waals surface area contributed by atoms with Gasteiger partial charge < -0.3 is 9.88 Å². The van der Waals surface area contributed by atoms with Crippen LogP contribution >= 0.6 is 11.3 Å². The van der Waals surface area contributed by atoms with Crippen LogP contribution in [0.5, 0.6) is 0 Å². The fourth-order valence-electron chi connectivity index (χ4n) is 3.28. The van der Waals surface area contributed by atoms with E-state index in [1.807, 2.05) is 53.9 Å². The van der Waals surface area contributed by atoms with Gasteiger partial charge in [-0.15, -0.1) is 11.3 Å². The fourth-order valence-corrected chi connectivity index (χ4v) is 3.98. The first-order valence-corrected chi connectivity index (χ1v) is 10.6. The number of rotatable bonds is 7. The van der Waals surface area contributed by atoms with Crippen molar-refractivity contribution in [2.24, 2.45) is 0 Å². The highest BCUT2D eigenvalue weighted by molar-refractivity contribution is 7.13. The molecule has 0 atom stereocenters. The van der Waals surface area contributed by atoms with Crippen molar-refractivity contribution < 1.29 is 4.79 Å². The monoisotopic (exact) mass is 418 g/mol. The van der Waals surface area contributed by atoms with Gasteiger partial charge in [-0.25, -0.2) is 0 Å². The van der Waals surface area contributed by atoms with Gasteiger partial charge in [0.05, 0.1) is 16.3 Å². The van der Waals surface area contributed by atoms with Gasteiger partial charge in [0.1, 0.15) is 5.56 Å². The lowest BCUT2D eigenvalue weighted by molar-refractivity contribution is 0.0791. The summed E-state index contributed by atoms with van der Waals surface area (Å²) in [7, 11) is 1.72. The molecule has 0 saturated heterocycles. The van der Waals surface area contributed by atoms with Crippen LogP contribution in [0, 0.1) is 0 Å². The first kappa shape index (κ1) is 19.8. The lowest BCUT2D eigenvalue weighted by Gasteiger charge is -2.16. The third-order valence-corrected chi connectivity index (χ3v) is 5.82. The van der Waals surface area contributed by atoms with E-state index in [2.05, 4.69) is 15.2 Å². The summed E-state index contributed by atoms with van der Waals surface area (Å²) >= 11 is 1.54. The second-order valence-corrected chi connectivity index (χ2v) is 8.01. The largest absolute Gasteiger partial charge is 0.342 e. The van der Waals surface area contributed by atoms with E-state index in [4.69, 9.17) is 0 Å². The number of hydrogen-bond acceptors (Lipinski definition) is 4. The quantitative estimate of drug-likeness (QED) is 0.472. The number of pyridine rings is 1. The average molecular weight is 419 g/mol. The minimum absolute atomic E-state index is 0.158. The van der Waals surface area contributed by atoms with Crippen molar-refractivity contribution >= 4 is 17.2 Å². The summed E-state index contributed by atoms with van der Waals surface area (Å²) in [6.07, 6.45) is 1.54. The Kier molecular flexibility index (Phi) is 5.90. The average Bonchev–Trinajstić information content (AvgIpc) is 3.46. The van der Waals surface area contributed by atoms with Gasteiger partial charge in [-0.2, -0.15) is 5.10 Å². The zero-order valence-electron chi connectivity index (χ0n) is 16.6. The molecular weight excluding hydrogens is 396 g/mol. The van der Waals surface area contributed by atoms with Crippen molar-refractivity contribution in [3.05, 3.63) is 87.7 Å². The van der Waals surface area contributed by atoms with E-state index in [0.717, 1.165) is 40.4 Å². The molecule has 0 spiro atoms. The van der Waals surface area contributed by atoms with E-state index in [1.165, 1.54) is 0 Å². The van der Waals surface area contributed by atoms with Gasteiger partial charge in [0.15, 0.2) is 0 Å². The van der Waals surface area contributed by atoms with Crippen LogP contribution in [0.1, 0.15) is 22.5 Å². The van der Waals surface area contributed by atoms with Gasteiger partial charge in [0.25, 0.3) is 11.5 Å². The summed E-state index contributed by atoms with van der Waals surface area (Å²) in [6, 6.07) is 19.3. The summed E-state index contributed by atoms with van der Waals surface area (Å²) < 4.78 is 0. The second-order valence-electron chi connectivity index (χ2n) is 7.07. The Balaban J connectivity index is 1.34. The Bertz CT molecular complexity index is 1180. The van der Waals surface area contributed by atoms with Crippen molar-refractivity contribution in [1.82, 2.24) is 20.1 Å². The molecule has 0 saturated carbocycles. The Morgan fingerprint density at radius 1 is 1.10 bits per heavy atom. The van der Waals surface area contributed by atoms with E-state index >= 15 is 0 Å². The predicted molar refractivity (Wildman–Crippen MR) is 120 cm³/mol. The third kappa shape index (κ3) is 4.41. The van der Waals surface area contributed by atoms with E-state index < -0.39 is 0 Å². The molecule has 3 aromatic heterocycles. The molecule has 152 valence electrons. The molecule has 3 heterocycles. The van der Waals surface area contributed by atoms with Gasteiger partial charge in [-0.3, -0.25) is 14.7 Å². The molecular formula is C23H22N4O2S. The van der Waals surface area contributed by atoms with Gasteiger partial charge >= 0.3 is 0 Å². The van der Waals surface area contributed by atoms with E-state index in [1.54, 1.807) is 35.4 Å². The molecule has 0 radical (unpaired) electrons. The predicted octanol–water partition coefficient (Wildman–Crippen LogP) is 4.20. The second kappa shape index (κ2) is 8.92. The number of H-pyrrole nitrogens is 2. The smallest absolute Gasteiger partial charge is 0.261 e. The number of amides is 1. The Hall–Kier alpha value is -3.45. The zero-order valence-corrected chi connectivity index (χ0v) is 17.4. The maximum atomic E-state index is 12.7. The molecule has 0 aliphatic heterocycles. The number of aryl methyl sites for hydroxylation is 1. The van der Waals surface area contributed by atoms with Crippen LogP contribution in [0.2, 0.25) is 0 Å². The van der Waals surface area contributed by atoms with Crippen LogP contribution in [0.4, 0.5) is 0 Å². The minimum Gasteiger partial charge on any atom is -0.342 e. The van der Waals surface area contributed by atoms with E-state index in [9.17, 15) is 9.59 Å². The normalized spacial score (nSPS) is 10.8. The van der Waals surface area contributed by atoms with Gasteiger partial charge in [0.2, 0.25) is 0 Å². The molecule has 1 aromatic carbocycles. The number of nitrogens with one attached hydrogen (secondary N) is 2. The molecule has 6 nitrogen and oxygen atoms in total. The number of hydrogen-bond donors (Lipinski definition) is 2. The number of thiophene rings is 1. The van der Waals surface area contributed by atoms with Crippen molar-refractivity contribution in [3.8, 4) is 21.8 Å². The summed E-state index contributed by atoms with van der Waals surface area (Å²) in [5, 5.41) is 9.37. The summed E-state index contributed by atoms with van der Waals surface area (Å²) in [4.78, 5) is 30.4. The van der Waals surface area contributed by atoms with Crippen LogP contribution in [-0.4, -0.2) is 39.6 Å². The molecule has 0 unspecified atom stereocenters. The highest BCUT2D eigenvalue weighted by atomic mass is 32.1. The van der Waals surface area contributed by atoms with Gasteiger partial charge in [-0.1, -0.05) is 36.4 Å². The van der Waals surface area contributed by atoms with Crippen LogP contribution in [-0.2, 0) is 6.42 Å². The molecule has 2 N–H and O–H groups in total. The maximum absolute atomic E-state index is 12.7. The summed E-state index contributed by atoms with van der Waals surface area (Å²) in [5.41, 5.74) is 3.52. The molecule has 0 aliphatic carbocycles. The first-order chi connectivity index (χ1) is 14.6. The minimum atomic E-state index is -0.362. The summed E-state index contributed by atoms with van der Waals surface area (Å²) in [6.45, 7) is 0.546. The van der Waals surface area contributed by atoms with Crippen LogP contribution in [0.25, 0.3) is 21.8 Å². The number of carbonyl (C=O) groups excluding carboxylic acids is 1. The van der Waals surface area contributed by atoms with E-state index in [-0.39, 0.29) is 17.0 Å². The Morgan fingerprint density at radius 3 is 2.67 bits per heavy atom. The summed E-state index contributed by atoms with van der Waals surface area (Å²) in [5.74, 6) is -0.274. The lowest BCUT2D eigenvalue weighted by Crippen LogP contribution is -2.32. The Labute approximate surface area is 178 Å². The topological polar surface area (TPSA) is 81.8 Å². The van der Waals surface area contributed by atoms with Crippen LogP contribution < -0.4 is 5.56 Å². The van der Waals surface area contributed by atoms with Gasteiger partial charge in [-0.05, 0) is 42.5 Å².